The molecule has 1 saturated heterocycles. The SMILES string of the molecule is CC[N+]1(Cc2ccc(NC(=O)N3CCc4ccc(-c5ccc(C)cc5)cc4C3)cc2)CCCCC1.[Cl-]. The molecule has 2 aliphatic rings. The van der Waals surface area contributed by atoms with Crippen LogP contribution in [0.1, 0.15) is 48.4 Å². The molecule has 0 unspecified atom stereocenters. The zero-order valence-electron chi connectivity index (χ0n) is 21.6. The van der Waals surface area contributed by atoms with E-state index in [2.05, 4.69) is 85.9 Å². The first kappa shape index (κ1) is 26.2. The van der Waals surface area contributed by atoms with Crippen LogP contribution in [0.4, 0.5) is 10.5 Å². The van der Waals surface area contributed by atoms with E-state index in [0.717, 1.165) is 25.2 Å². The number of quaternary nitrogens is 1. The van der Waals surface area contributed by atoms with Crippen molar-refractivity contribution < 1.29 is 21.7 Å². The van der Waals surface area contributed by atoms with Crippen molar-refractivity contribution in [2.75, 3.05) is 31.5 Å². The number of rotatable bonds is 5. The van der Waals surface area contributed by atoms with Gasteiger partial charge in [-0.05, 0) is 80.0 Å². The van der Waals surface area contributed by atoms with Gasteiger partial charge in [-0.3, -0.25) is 0 Å². The smallest absolute Gasteiger partial charge is 0.322 e. The molecule has 2 aliphatic heterocycles. The highest BCUT2D eigenvalue weighted by molar-refractivity contribution is 5.89. The molecule has 0 radical (unpaired) electrons. The fourth-order valence-corrected chi connectivity index (χ4v) is 5.71. The molecule has 5 heteroatoms. The molecule has 5 rings (SSSR count). The van der Waals surface area contributed by atoms with Gasteiger partial charge >= 0.3 is 6.03 Å². The second kappa shape index (κ2) is 11.5. The van der Waals surface area contributed by atoms with Crippen molar-refractivity contribution in [3.05, 3.63) is 89.0 Å². The molecule has 190 valence electrons. The van der Waals surface area contributed by atoms with Crippen LogP contribution < -0.4 is 17.7 Å². The Bertz CT molecular complexity index is 1170. The molecule has 36 heavy (non-hydrogen) atoms. The lowest BCUT2D eigenvalue weighted by Gasteiger charge is -2.41. The van der Waals surface area contributed by atoms with E-state index < -0.39 is 0 Å². The minimum atomic E-state index is -0.0165. The second-order valence-corrected chi connectivity index (χ2v) is 10.5. The van der Waals surface area contributed by atoms with Crippen molar-refractivity contribution in [2.45, 2.75) is 52.6 Å². The van der Waals surface area contributed by atoms with E-state index >= 15 is 0 Å². The number of carbonyl (C=O) groups is 1. The minimum Gasteiger partial charge on any atom is -1.00 e. The first-order chi connectivity index (χ1) is 17.0. The van der Waals surface area contributed by atoms with E-state index in [-0.39, 0.29) is 18.4 Å². The Kier molecular flexibility index (Phi) is 8.38. The summed E-state index contributed by atoms with van der Waals surface area (Å²) in [7, 11) is 0. The number of nitrogens with one attached hydrogen (secondary N) is 1. The van der Waals surface area contributed by atoms with Gasteiger partial charge in [0.2, 0.25) is 0 Å². The van der Waals surface area contributed by atoms with Crippen LogP contribution >= 0.6 is 0 Å². The number of anilines is 1. The van der Waals surface area contributed by atoms with E-state index in [1.807, 2.05) is 4.90 Å². The monoisotopic (exact) mass is 503 g/mol. The van der Waals surface area contributed by atoms with Crippen molar-refractivity contribution in [1.82, 2.24) is 4.90 Å². The average molecular weight is 504 g/mol. The van der Waals surface area contributed by atoms with Gasteiger partial charge in [-0.2, -0.15) is 0 Å². The van der Waals surface area contributed by atoms with Crippen LogP contribution in [0.3, 0.4) is 0 Å². The van der Waals surface area contributed by atoms with Gasteiger partial charge in [-0.1, -0.05) is 54.1 Å². The van der Waals surface area contributed by atoms with Crippen LogP contribution in [0.5, 0.6) is 0 Å². The number of hydrogen-bond donors (Lipinski definition) is 1. The topological polar surface area (TPSA) is 32.3 Å². The van der Waals surface area contributed by atoms with E-state index in [9.17, 15) is 4.79 Å². The predicted octanol–water partition coefficient (Wildman–Crippen LogP) is 3.78. The molecule has 0 bridgehead atoms. The van der Waals surface area contributed by atoms with Gasteiger partial charge < -0.3 is 27.1 Å². The number of likely N-dealkylation sites (tertiary alicyclic amines) is 1. The van der Waals surface area contributed by atoms with Crippen LogP contribution in [0.2, 0.25) is 0 Å². The third kappa shape index (κ3) is 5.93. The number of halogens is 1. The summed E-state index contributed by atoms with van der Waals surface area (Å²) in [5.41, 5.74) is 8.52. The van der Waals surface area contributed by atoms with Crippen LogP contribution in [0, 0.1) is 6.92 Å². The van der Waals surface area contributed by atoms with Crippen molar-refractivity contribution >= 4 is 11.7 Å². The highest BCUT2D eigenvalue weighted by atomic mass is 35.5. The van der Waals surface area contributed by atoms with Crippen molar-refractivity contribution in [3.8, 4) is 11.1 Å². The summed E-state index contributed by atoms with van der Waals surface area (Å²) in [5, 5.41) is 3.13. The number of fused-ring (bicyclic) bond motifs is 1. The fourth-order valence-electron chi connectivity index (χ4n) is 5.71. The van der Waals surface area contributed by atoms with Gasteiger partial charge in [-0.25, -0.2) is 4.79 Å². The highest BCUT2D eigenvalue weighted by Crippen LogP contribution is 2.27. The summed E-state index contributed by atoms with van der Waals surface area (Å²) in [5.74, 6) is 0. The normalized spacial score (nSPS) is 16.6. The number of piperidine rings is 1. The third-order valence-corrected chi connectivity index (χ3v) is 8.05. The van der Waals surface area contributed by atoms with E-state index in [0.29, 0.717) is 6.54 Å². The third-order valence-electron chi connectivity index (χ3n) is 8.05. The second-order valence-electron chi connectivity index (χ2n) is 10.5. The van der Waals surface area contributed by atoms with Gasteiger partial charge in [0.15, 0.2) is 0 Å². The highest BCUT2D eigenvalue weighted by Gasteiger charge is 2.28. The predicted molar refractivity (Wildman–Crippen MR) is 144 cm³/mol. The molecule has 3 aromatic carbocycles. The first-order valence-corrected chi connectivity index (χ1v) is 13.2. The Hall–Kier alpha value is -2.82. The molecule has 0 aromatic heterocycles. The summed E-state index contributed by atoms with van der Waals surface area (Å²) in [4.78, 5) is 15.0. The summed E-state index contributed by atoms with van der Waals surface area (Å²) in [6, 6.07) is 23.8. The van der Waals surface area contributed by atoms with E-state index in [1.54, 1.807) is 0 Å². The summed E-state index contributed by atoms with van der Waals surface area (Å²) in [6.07, 6.45) is 4.95. The number of aryl methyl sites for hydroxylation is 1. The largest absolute Gasteiger partial charge is 1.00 e. The van der Waals surface area contributed by atoms with Gasteiger partial charge in [0, 0.05) is 24.3 Å². The Balaban J connectivity index is 0.00000304. The molecule has 1 N–H and O–H groups in total. The van der Waals surface area contributed by atoms with Crippen molar-refractivity contribution in [1.29, 1.82) is 0 Å². The van der Waals surface area contributed by atoms with Gasteiger partial charge in [0.1, 0.15) is 6.54 Å². The van der Waals surface area contributed by atoms with Crippen molar-refractivity contribution in [2.24, 2.45) is 0 Å². The Morgan fingerprint density at radius 1 is 0.889 bits per heavy atom. The Morgan fingerprint density at radius 3 is 2.28 bits per heavy atom. The standard InChI is InChI=1S/C31H37N3O.ClH/c1-3-34(19-5-4-6-20-34)23-25-9-15-30(16-10-25)32-31(35)33-18-17-27-13-14-28(21-29(27)22-33)26-11-7-24(2)8-12-26;/h7-16,21H,3-6,17-20,22-23H2,1-2H3;1H. The summed E-state index contributed by atoms with van der Waals surface area (Å²) < 4.78 is 1.20. The summed E-state index contributed by atoms with van der Waals surface area (Å²) in [6.45, 7) is 10.7. The first-order valence-electron chi connectivity index (χ1n) is 13.2. The lowest BCUT2D eigenvalue weighted by atomic mass is 9.94. The average Bonchev–Trinajstić information content (AvgIpc) is 2.90. The number of urea groups is 1. The molecule has 0 spiro atoms. The summed E-state index contributed by atoms with van der Waals surface area (Å²) >= 11 is 0. The Morgan fingerprint density at radius 2 is 1.58 bits per heavy atom. The number of hydrogen-bond acceptors (Lipinski definition) is 1. The number of benzene rings is 3. The molecule has 4 nitrogen and oxygen atoms in total. The molecular weight excluding hydrogens is 466 g/mol. The maximum Gasteiger partial charge on any atom is 0.322 e. The van der Waals surface area contributed by atoms with Crippen molar-refractivity contribution in [3.63, 3.8) is 0 Å². The van der Waals surface area contributed by atoms with E-state index in [1.165, 1.54) is 76.8 Å². The number of nitrogens with zero attached hydrogens (tertiary/aromatic N) is 2. The maximum absolute atomic E-state index is 13.1. The number of carbonyl (C=O) groups excluding carboxylic acids is 1. The van der Waals surface area contributed by atoms with Crippen LogP contribution in [0.15, 0.2) is 66.7 Å². The Labute approximate surface area is 222 Å². The fraction of sp³-hybridized carbons (Fsp3) is 0.387. The molecule has 2 heterocycles. The lowest BCUT2D eigenvalue weighted by Crippen LogP contribution is -3.00. The van der Waals surface area contributed by atoms with Gasteiger partial charge in [0.05, 0.1) is 19.6 Å². The van der Waals surface area contributed by atoms with E-state index in [4.69, 9.17) is 0 Å². The minimum absolute atomic E-state index is 0. The molecule has 0 aliphatic carbocycles. The lowest BCUT2D eigenvalue weighted by molar-refractivity contribution is -0.943. The molecular formula is C31H38ClN3O. The zero-order chi connectivity index (χ0) is 24.3. The molecule has 0 saturated carbocycles. The van der Waals surface area contributed by atoms with Gasteiger partial charge in [-0.15, -0.1) is 0 Å². The van der Waals surface area contributed by atoms with Crippen LogP contribution in [0.25, 0.3) is 11.1 Å². The van der Waals surface area contributed by atoms with Crippen LogP contribution in [-0.2, 0) is 19.5 Å². The van der Waals surface area contributed by atoms with Crippen LogP contribution in [-0.4, -0.2) is 41.6 Å². The molecule has 0 atom stereocenters. The molecule has 2 amide bonds. The maximum atomic E-state index is 13.1. The molecule has 1 fully saturated rings. The number of amides is 2. The van der Waals surface area contributed by atoms with Gasteiger partial charge in [0.25, 0.3) is 0 Å². The molecule has 3 aromatic rings. The zero-order valence-corrected chi connectivity index (χ0v) is 22.4. The quantitative estimate of drug-likeness (QED) is 0.528.